The molecule has 6 rings (SSSR count). The molecule has 3 aromatic heterocycles. The maximum Gasteiger partial charge on any atom is 0.203 e. The highest BCUT2D eigenvalue weighted by molar-refractivity contribution is 5.85. The van der Waals surface area contributed by atoms with E-state index in [1.807, 2.05) is 17.5 Å². The van der Waals surface area contributed by atoms with E-state index in [4.69, 9.17) is 9.47 Å². The fourth-order valence-electron chi connectivity index (χ4n) is 4.86. The van der Waals surface area contributed by atoms with Gasteiger partial charge in [0.05, 0.1) is 24.8 Å². The lowest BCUT2D eigenvalue weighted by atomic mass is 9.93. The average molecular weight is 461 g/mol. The number of rotatable bonds is 5. The molecule has 10 heteroatoms. The number of nitrogens with one attached hydrogen (secondary N) is 1. The van der Waals surface area contributed by atoms with Crippen molar-refractivity contribution in [2.45, 2.75) is 44.8 Å². The van der Waals surface area contributed by atoms with E-state index < -0.39 is 0 Å². The maximum absolute atomic E-state index is 6.54. The average Bonchev–Trinajstić information content (AvgIpc) is 3.27. The van der Waals surface area contributed by atoms with Crippen molar-refractivity contribution < 1.29 is 9.47 Å². The Hall–Kier alpha value is -3.53. The molecule has 1 saturated heterocycles. The Morgan fingerprint density at radius 1 is 0.971 bits per heavy atom. The summed E-state index contributed by atoms with van der Waals surface area (Å²) < 4.78 is 14.0. The van der Waals surface area contributed by atoms with E-state index in [0.29, 0.717) is 6.04 Å². The highest BCUT2D eigenvalue weighted by Crippen LogP contribution is 2.33. The van der Waals surface area contributed by atoms with Gasteiger partial charge in [-0.25, -0.2) is 9.97 Å². The van der Waals surface area contributed by atoms with Gasteiger partial charge >= 0.3 is 0 Å². The number of nitrogens with zero attached hydrogens (tertiary/aromatic N) is 7. The zero-order chi connectivity index (χ0) is 22.9. The van der Waals surface area contributed by atoms with E-state index in [1.54, 1.807) is 18.6 Å². The van der Waals surface area contributed by atoms with E-state index in [0.717, 1.165) is 91.7 Å². The molecule has 34 heavy (non-hydrogen) atoms. The molecule has 1 aliphatic heterocycles. The van der Waals surface area contributed by atoms with Gasteiger partial charge < -0.3 is 19.7 Å². The van der Waals surface area contributed by atoms with Crippen molar-refractivity contribution >= 4 is 28.2 Å². The number of morpholine rings is 1. The smallest absolute Gasteiger partial charge is 0.203 e. The first kappa shape index (κ1) is 21.0. The molecule has 1 aromatic carbocycles. The molecule has 0 amide bonds. The van der Waals surface area contributed by atoms with Crippen LogP contribution in [0.4, 0.5) is 11.5 Å². The van der Waals surface area contributed by atoms with Crippen LogP contribution >= 0.6 is 0 Å². The third-order valence-corrected chi connectivity index (χ3v) is 6.71. The molecule has 0 bridgehead atoms. The monoisotopic (exact) mass is 460 g/mol. The SMILES string of the molecule is Cc1nnc2c(N[C@H]3CC[C@@H](Oc4cc(N5CCOCC5)cc5nccnc45)CC3)nccn12. The van der Waals surface area contributed by atoms with Gasteiger partial charge in [0.2, 0.25) is 5.65 Å². The Kier molecular flexibility index (Phi) is 5.58. The van der Waals surface area contributed by atoms with Crippen molar-refractivity contribution in [3.63, 3.8) is 0 Å². The Morgan fingerprint density at radius 3 is 2.65 bits per heavy atom. The van der Waals surface area contributed by atoms with E-state index in [1.165, 1.54) is 0 Å². The molecule has 2 fully saturated rings. The number of fused-ring (bicyclic) bond motifs is 2. The second kappa shape index (κ2) is 9.02. The fourth-order valence-corrected chi connectivity index (χ4v) is 4.86. The molecule has 1 aliphatic carbocycles. The van der Waals surface area contributed by atoms with Crippen LogP contribution in [-0.2, 0) is 4.74 Å². The van der Waals surface area contributed by atoms with Gasteiger partial charge in [0.15, 0.2) is 5.82 Å². The highest BCUT2D eigenvalue weighted by atomic mass is 16.5. The standard InChI is InChI=1S/C24H28N8O2/c1-16-29-30-24-23(27-8-9-32(16)24)28-17-2-4-19(5-3-17)34-21-15-18(31-10-12-33-13-11-31)14-20-22(21)26-7-6-25-20/h6-9,14-15,17,19H,2-5,10-13H2,1H3,(H,27,28)/t17-,19+. The van der Waals surface area contributed by atoms with Gasteiger partial charge in [-0.2, -0.15) is 0 Å². The van der Waals surface area contributed by atoms with E-state index in [-0.39, 0.29) is 6.10 Å². The highest BCUT2D eigenvalue weighted by Gasteiger charge is 2.25. The van der Waals surface area contributed by atoms with E-state index in [9.17, 15) is 0 Å². The van der Waals surface area contributed by atoms with Crippen LogP contribution < -0.4 is 15.0 Å². The molecule has 1 saturated carbocycles. The predicted molar refractivity (Wildman–Crippen MR) is 128 cm³/mol. The van der Waals surface area contributed by atoms with Gasteiger partial charge in [-0.15, -0.1) is 10.2 Å². The lowest BCUT2D eigenvalue weighted by Gasteiger charge is -2.31. The topological polar surface area (TPSA) is 103 Å². The summed E-state index contributed by atoms with van der Waals surface area (Å²) in [5, 5.41) is 12.0. The van der Waals surface area contributed by atoms with Gasteiger partial charge in [0.25, 0.3) is 0 Å². The maximum atomic E-state index is 6.54. The Balaban J connectivity index is 1.16. The number of hydrogen-bond donors (Lipinski definition) is 1. The molecule has 176 valence electrons. The third kappa shape index (κ3) is 4.09. The zero-order valence-corrected chi connectivity index (χ0v) is 19.2. The molecule has 0 unspecified atom stereocenters. The fraction of sp³-hybridized carbons (Fsp3) is 0.458. The number of anilines is 2. The van der Waals surface area contributed by atoms with Crippen molar-refractivity contribution in [1.82, 2.24) is 29.5 Å². The summed E-state index contributed by atoms with van der Waals surface area (Å²) in [4.78, 5) is 15.9. The number of aromatic nitrogens is 6. The van der Waals surface area contributed by atoms with Crippen molar-refractivity contribution in [2.24, 2.45) is 0 Å². The number of aryl methyl sites for hydroxylation is 1. The summed E-state index contributed by atoms with van der Waals surface area (Å²) in [5.41, 5.74) is 3.56. The lowest BCUT2D eigenvalue weighted by molar-refractivity contribution is 0.122. The molecule has 4 aromatic rings. The molecule has 0 radical (unpaired) electrons. The molecular weight excluding hydrogens is 432 g/mol. The van der Waals surface area contributed by atoms with Gasteiger partial charge in [0.1, 0.15) is 17.1 Å². The second-order valence-electron chi connectivity index (χ2n) is 8.92. The summed E-state index contributed by atoms with van der Waals surface area (Å²) in [6.45, 7) is 5.16. The van der Waals surface area contributed by atoms with Crippen LogP contribution in [0.2, 0.25) is 0 Å². The quantitative estimate of drug-likeness (QED) is 0.481. The van der Waals surface area contributed by atoms with Crippen LogP contribution in [0, 0.1) is 6.92 Å². The Labute approximate surface area is 197 Å². The van der Waals surface area contributed by atoms with Gasteiger partial charge in [-0.3, -0.25) is 9.38 Å². The zero-order valence-electron chi connectivity index (χ0n) is 19.2. The predicted octanol–water partition coefficient (Wildman–Crippen LogP) is 3.01. The van der Waals surface area contributed by atoms with Crippen molar-refractivity contribution in [3.05, 3.63) is 42.7 Å². The minimum atomic E-state index is 0.141. The van der Waals surface area contributed by atoms with E-state index in [2.05, 4.69) is 47.5 Å². The molecule has 0 atom stereocenters. The molecule has 2 aliphatic rings. The number of benzene rings is 1. The van der Waals surface area contributed by atoms with E-state index >= 15 is 0 Å². The van der Waals surface area contributed by atoms with Crippen LogP contribution in [0.25, 0.3) is 16.7 Å². The number of hydrogen-bond acceptors (Lipinski definition) is 9. The normalized spacial score (nSPS) is 21.1. The number of ether oxygens (including phenoxy) is 2. The van der Waals surface area contributed by atoms with Gasteiger partial charge in [0, 0.05) is 55.7 Å². The first-order valence-electron chi connectivity index (χ1n) is 11.9. The summed E-state index contributed by atoms with van der Waals surface area (Å²) in [6, 6.07) is 4.54. The van der Waals surface area contributed by atoms with Gasteiger partial charge in [-0.05, 0) is 38.7 Å². The minimum Gasteiger partial charge on any atom is -0.488 e. The molecule has 10 nitrogen and oxygen atoms in total. The van der Waals surface area contributed by atoms with Crippen molar-refractivity contribution in [2.75, 3.05) is 36.5 Å². The van der Waals surface area contributed by atoms with Gasteiger partial charge in [-0.1, -0.05) is 0 Å². The lowest BCUT2D eigenvalue weighted by Crippen LogP contribution is -2.36. The molecule has 0 spiro atoms. The van der Waals surface area contributed by atoms with Crippen LogP contribution in [-0.4, -0.2) is 68.0 Å². The minimum absolute atomic E-state index is 0.141. The summed E-state index contributed by atoms with van der Waals surface area (Å²) in [7, 11) is 0. The first-order valence-corrected chi connectivity index (χ1v) is 11.9. The summed E-state index contributed by atoms with van der Waals surface area (Å²) in [5.74, 6) is 2.45. The second-order valence-corrected chi connectivity index (χ2v) is 8.92. The first-order chi connectivity index (χ1) is 16.7. The van der Waals surface area contributed by atoms with Crippen LogP contribution in [0.5, 0.6) is 5.75 Å². The summed E-state index contributed by atoms with van der Waals surface area (Å²) >= 11 is 0. The van der Waals surface area contributed by atoms with Crippen molar-refractivity contribution in [1.29, 1.82) is 0 Å². The largest absolute Gasteiger partial charge is 0.488 e. The van der Waals surface area contributed by atoms with Crippen LogP contribution in [0.1, 0.15) is 31.5 Å². The third-order valence-electron chi connectivity index (χ3n) is 6.71. The molecular formula is C24H28N8O2. The molecule has 1 N–H and O–H groups in total. The van der Waals surface area contributed by atoms with Crippen molar-refractivity contribution in [3.8, 4) is 5.75 Å². The van der Waals surface area contributed by atoms with Crippen LogP contribution in [0.3, 0.4) is 0 Å². The Bertz CT molecular complexity index is 1290. The molecule has 4 heterocycles. The Morgan fingerprint density at radius 2 is 1.79 bits per heavy atom. The summed E-state index contributed by atoms with van der Waals surface area (Å²) in [6.07, 6.45) is 11.2. The van der Waals surface area contributed by atoms with Crippen LogP contribution in [0.15, 0.2) is 36.9 Å².